The summed E-state index contributed by atoms with van der Waals surface area (Å²) in [5.41, 5.74) is 2.38. The van der Waals surface area contributed by atoms with Crippen molar-refractivity contribution in [2.75, 3.05) is 6.54 Å². The van der Waals surface area contributed by atoms with Crippen LogP contribution in [0.1, 0.15) is 23.5 Å². The van der Waals surface area contributed by atoms with Gasteiger partial charge in [0.25, 0.3) is 0 Å². The Balaban J connectivity index is 1.91. The third-order valence-electron chi connectivity index (χ3n) is 3.83. The maximum atomic E-state index is 11.8. The largest absolute Gasteiger partial charge is 0.215 e. The number of hydrogen-bond acceptors (Lipinski definition) is 2. The molecule has 1 N–H and O–H groups in total. The fourth-order valence-electron chi connectivity index (χ4n) is 2.86. The molecule has 0 aromatic heterocycles. The summed E-state index contributed by atoms with van der Waals surface area (Å²) in [5, 5.41) is -0.185. The molecule has 3 nitrogen and oxygen atoms in total. The second-order valence-corrected chi connectivity index (χ2v) is 6.79. The molecule has 2 aliphatic rings. The van der Waals surface area contributed by atoms with E-state index in [9.17, 15) is 8.42 Å². The molecule has 1 heterocycles. The molecule has 1 aromatic carbocycles. The third-order valence-corrected chi connectivity index (χ3v) is 5.83. The second-order valence-electron chi connectivity index (χ2n) is 4.87. The zero-order valence-corrected chi connectivity index (χ0v) is 10.00. The Kier molecular flexibility index (Phi) is 2.13. The maximum absolute atomic E-state index is 11.8. The number of nitrogens with one attached hydrogen (secondary N) is 1. The van der Waals surface area contributed by atoms with Crippen LogP contribution in [0.5, 0.6) is 0 Å². The monoisotopic (exact) mass is 237 g/mol. The van der Waals surface area contributed by atoms with Gasteiger partial charge < -0.3 is 0 Å². The standard InChI is InChI=1S/C12H15NO2S/c1-8-2-4-9(5-3-8)11-6-10-7-13-16(14,15)12(10)11/h2-5,10-13H,6-7H2,1H3/t10-,11-,12+/m0/s1. The fourth-order valence-corrected chi connectivity index (χ4v) is 4.91. The van der Waals surface area contributed by atoms with Crippen LogP contribution in [0.2, 0.25) is 0 Å². The summed E-state index contributed by atoms with van der Waals surface area (Å²) in [6.07, 6.45) is 1.000. The van der Waals surface area contributed by atoms with Crippen molar-refractivity contribution in [2.24, 2.45) is 5.92 Å². The topological polar surface area (TPSA) is 46.2 Å². The van der Waals surface area contributed by atoms with Crippen LogP contribution in [0.25, 0.3) is 0 Å². The Bertz CT molecular complexity index is 506. The average molecular weight is 237 g/mol. The third kappa shape index (κ3) is 1.40. The highest BCUT2D eigenvalue weighted by atomic mass is 32.2. The van der Waals surface area contributed by atoms with Gasteiger partial charge in [-0.2, -0.15) is 0 Å². The molecule has 1 aliphatic carbocycles. The van der Waals surface area contributed by atoms with E-state index in [1.807, 2.05) is 6.92 Å². The summed E-state index contributed by atoms with van der Waals surface area (Å²) >= 11 is 0. The van der Waals surface area contributed by atoms with Crippen molar-refractivity contribution in [2.45, 2.75) is 24.5 Å². The van der Waals surface area contributed by atoms with Gasteiger partial charge in [0.2, 0.25) is 10.0 Å². The van der Waals surface area contributed by atoms with Crippen LogP contribution in [-0.4, -0.2) is 20.2 Å². The molecule has 1 saturated carbocycles. The van der Waals surface area contributed by atoms with E-state index in [0.29, 0.717) is 12.5 Å². The molecule has 1 saturated heterocycles. The minimum absolute atomic E-state index is 0.185. The number of hydrogen-bond donors (Lipinski definition) is 1. The zero-order chi connectivity index (χ0) is 11.3. The number of rotatable bonds is 1. The quantitative estimate of drug-likeness (QED) is 0.802. The average Bonchev–Trinajstić information content (AvgIpc) is 2.39. The van der Waals surface area contributed by atoms with Gasteiger partial charge in [-0.25, -0.2) is 13.1 Å². The molecule has 16 heavy (non-hydrogen) atoms. The molecular formula is C12H15NO2S. The first-order chi connectivity index (χ1) is 7.58. The molecule has 0 amide bonds. The van der Waals surface area contributed by atoms with Crippen molar-refractivity contribution in [3.63, 3.8) is 0 Å². The van der Waals surface area contributed by atoms with Crippen LogP contribution < -0.4 is 4.72 Å². The number of fused-ring (bicyclic) bond motifs is 1. The summed E-state index contributed by atoms with van der Waals surface area (Å²) < 4.78 is 26.2. The van der Waals surface area contributed by atoms with Crippen molar-refractivity contribution in [3.8, 4) is 0 Å². The van der Waals surface area contributed by atoms with Gasteiger partial charge in [0.1, 0.15) is 0 Å². The molecule has 3 rings (SSSR count). The first-order valence-corrected chi connectivity index (χ1v) is 7.17. The molecule has 1 aliphatic heterocycles. The SMILES string of the molecule is Cc1ccc([C@@H]2C[C@H]3CNS(=O)(=O)[C@H]32)cc1. The Morgan fingerprint density at radius 2 is 1.94 bits per heavy atom. The number of aryl methyl sites for hydroxylation is 1. The highest BCUT2D eigenvalue weighted by Crippen LogP contribution is 2.48. The van der Waals surface area contributed by atoms with E-state index in [0.717, 1.165) is 6.42 Å². The molecule has 1 aromatic rings. The van der Waals surface area contributed by atoms with Gasteiger partial charge in [-0.05, 0) is 24.8 Å². The van der Waals surface area contributed by atoms with Gasteiger partial charge in [-0.3, -0.25) is 0 Å². The van der Waals surface area contributed by atoms with Crippen LogP contribution in [0.3, 0.4) is 0 Å². The fraction of sp³-hybridized carbons (Fsp3) is 0.500. The smallest absolute Gasteiger partial charge is 0.215 e. The minimum atomic E-state index is -3.04. The highest BCUT2D eigenvalue weighted by Gasteiger charge is 2.53. The zero-order valence-electron chi connectivity index (χ0n) is 9.18. The number of sulfonamides is 1. The predicted octanol–water partition coefficient (Wildman–Crippen LogP) is 1.40. The summed E-state index contributed by atoms with van der Waals surface area (Å²) in [6.45, 7) is 2.68. The van der Waals surface area contributed by atoms with Crippen molar-refractivity contribution in [3.05, 3.63) is 35.4 Å². The second kappa shape index (κ2) is 3.31. The number of benzene rings is 1. The van der Waals surface area contributed by atoms with Crippen molar-refractivity contribution in [1.29, 1.82) is 0 Å². The van der Waals surface area contributed by atoms with E-state index in [1.54, 1.807) is 0 Å². The van der Waals surface area contributed by atoms with E-state index in [1.165, 1.54) is 11.1 Å². The molecule has 0 bridgehead atoms. The van der Waals surface area contributed by atoms with Gasteiger partial charge in [-0.15, -0.1) is 0 Å². The molecule has 3 atom stereocenters. The van der Waals surface area contributed by atoms with Crippen LogP contribution in [0.15, 0.2) is 24.3 Å². The maximum Gasteiger partial charge on any atom is 0.215 e. The highest BCUT2D eigenvalue weighted by molar-refractivity contribution is 7.90. The van der Waals surface area contributed by atoms with E-state index in [2.05, 4.69) is 29.0 Å². The lowest BCUT2D eigenvalue weighted by Crippen LogP contribution is -2.41. The summed E-state index contributed by atoms with van der Waals surface area (Å²) in [7, 11) is -3.04. The molecule has 0 unspecified atom stereocenters. The molecular weight excluding hydrogens is 222 g/mol. The lowest BCUT2D eigenvalue weighted by atomic mass is 9.71. The Morgan fingerprint density at radius 1 is 1.25 bits per heavy atom. The first kappa shape index (κ1) is 10.3. The minimum Gasteiger partial charge on any atom is -0.215 e. The van der Waals surface area contributed by atoms with E-state index in [-0.39, 0.29) is 11.2 Å². The first-order valence-electron chi connectivity index (χ1n) is 5.63. The van der Waals surface area contributed by atoms with E-state index >= 15 is 0 Å². The molecule has 2 fully saturated rings. The molecule has 0 spiro atoms. The summed E-state index contributed by atoms with van der Waals surface area (Å²) in [4.78, 5) is 0. The Hall–Kier alpha value is -0.870. The van der Waals surface area contributed by atoms with E-state index in [4.69, 9.17) is 0 Å². The van der Waals surface area contributed by atoms with Crippen molar-refractivity contribution < 1.29 is 8.42 Å². The molecule has 4 heteroatoms. The van der Waals surface area contributed by atoms with Crippen LogP contribution in [0.4, 0.5) is 0 Å². The van der Waals surface area contributed by atoms with Crippen molar-refractivity contribution in [1.82, 2.24) is 4.72 Å². The van der Waals surface area contributed by atoms with Crippen molar-refractivity contribution >= 4 is 10.0 Å². The summed E-state index contributed by atoms with van der Waals surface area (Å²) in [5.74, 6) is 0.530. The van der Waals surface area contributed by atoms with Gasteiger partial charge in [0.05, 0.1) is 5.25 Å². The Morgan fingerprint density at radius 3 is 2.56 bits per heavy atom. The molecule has 0 radical (unpaired) electrons. The predicted molar refractivity (Wildman–Crippen MR) is 62.7 cm³/mol. The normalized spacial score (nSPS) is 35.4. The molecule has 86 valence electrons. The van der Waals surface area contributed by atoms with Crippen LogP contribution >= 0.6 is 0 Å². The van der Waals surface area contributed by atoms with Gasteiger partial charge in [-0.1, -0.05) is 29.8 Å². The van der Waals surface area contributed by atoms with Gasteiger partial charge >= 0.3 is 0 Å². The van der Waals surface area contributed by atoms with Crippen LogP contribution in [-0.2, 0) is 10.0 Å². The lowest BCUT2D eigenvalue weighted by molar-refractivity contribution is 0.294. The van der Waals surface area contributed by atoms with Gasteiger partial charge in [0, 0.05) is 12.5 Å². The van der Waals surface area contributed by atoms with Crippen LogP contribution in [0, 0.1) is 12.8 Å². The van der Waals surface area contributed by atoms with E-state index < -0.39 is 10.0 Å². The lowest BCUT2D eigenvalue weighted by Gasteiger charge is -2.38. The Labute approximate surface area is 95.9 Å². The van der Waals surface area contributed by atoms with Gasteiger partial charge in [0.15, 0.2) is 0 Å². The summed E-state index contributed by atoms with van der Waals surface area (Å²) in [6, 6.07) is 8.23.